The van der Waals surface area contributed by atoms with Gasteiger partial charge >= 0.3 is 12.0 Å². The highest BCUT2D eigenvalue weighted by atomic mass is 16.7. The third kappa shape index (κ3) is 2.58. The van der Waals surface area contributed by atoms with Crippen molar-refractivity contribution in [2.45, 2.75) is 0 Å². The summed E-state index contributed by atoms with van der Waals surface area (Å²) in [4.78, 5) is 20.0. The molecule has 0 radical (unpaired) electrons. The average Bonchev–Trinajstić information content (AvgIpc) is 2.54. The van der Waals surface area contributed by atoms with E-state index < -0.39 is 5.97 Å². The third-order valence-electron chi connectivity index (χ3n) is 2.87. The van der Waals surface area contributed by atoms with E-state index in [-0.39, 0.29) is 35.9 Å². The number of hydrogen-bond donors (Lipinski definition) is 0. The molecule has 3 rings (SSSR count). The summed E-state index contributed by atoms with van der Waals surface area (Å²) in [5, 5.41) is 0. The number of cyclic esters (lactones) is 1. The smallest absolute Gasteiger partial charge is 0.348 e. The summed E-state index contributed by atoms with van der Waals surface area (Å²) in [7, 11) is 2.92. The Hall–Kier alpha value is -3.03. The molecule has 0 fully saturated rings. The summed E-state index contributed by atoms with van der Waals surface area (Å²) in [5.74, 6) is 0.601. The van der Waals surface area contributed by atoms with Crippen LogP contribution in [0.4, 0.5) is 0 Å². The van der Waals surface area contributed by atoms with Gasteiger partial charge in [-0.3, -0.25) is 0 Å². The van der Waals surface area contributed by atoms with Crippen molar-refractivity contribution in [3.8, 4) is 29.3 Å². The number of benzene rings is 1. The number of fused-ring (bicyclic) bond motifs is 1. The second-order valence-electron chi connectivity index (χ2n) is 4.16. The summed E-state index contributed by atoms with van der Waals surface area (Å²) in [6, 6.07) is 6.40. The van der Waals surface area contributed by atoms with Gasteiger partial charge < -0.3 is 23.7 Å². The van der Waals surface area contributed by atoms with Crippen molar-refractivity contribution in [3.05, 3.63) is 29.8 Å². The van der Waals surface area contributed by atoms with Gasteiger partial charge in [-0.05, 0) is 12.1 Å². The molecule has 0 saturated heterocycles. The number of nitrogens with zero attached hydrogens (tertiary/aromatic N) is 2. The van der Waals surface area contributed by atoms with E-state index >= 15 is 0 Å². The van der Waals surface area contributed by atoms with Crippen LogP contribution in [0.1, 0.15) is 10.4 Å². The standard InChI is InChI=1S/C14H12N2O6/c1-18-10-6-11(19-2)16-14(15-10)22-9-5-3-4-8-12(9)13(17)21-7-20-8/h3-6H,7H2,1-2H3. The molecular weight excluding hydrogens is 292 g/mol. The van der Waals surface area contributed by atoms with E-state index in [0.29, 0.717) is 5.75 Å². The maximum absolute atomic E-state index is 11.9. The molecule has 0 saturated carbocycles. The molecule has 1 aromatic carbocycles. The minimum absolute atomic E-state index is 0.0250. The van der Waals surface area contributed by atoms with E-state index in [1.54, 1.807) is 18.2 Å². The lowest BCUT2D eigenvalue weighted by molar-refractivity contribution is 0.00444. The molecule has 0 atom stereocenters. The largest absolute Gasteiger partial charge is 0.481 e. The van der Waals surface area contributed by atoms with Crippen LogP contribution in [0.15, 0.2) is 24.3 Å². The van der Waals surface area contributed by atoms with Crippen LogP contribution in [0.5, 0.6) is 29.3 Å². The maximum atomic E-state index is 11.9. The molecule has 22 heavy (non-hydrogen) atoms. The number of methoxy groups -OCH3 is 2. The normalized spacial score (nSPS) is 12.7. The Kier molecular flexibility index (Phi) is 3.65. The molecule has 0 N–H and O–H groups in total. The quantitative estimate of drug-likeness (QED) is 0.790. The van der Waals surface area contributed by atoms with Gasteiger partial charge in [0.2, 0.25) is 18.6 Å². The highest BCUT2D eigenvalue weighted by Crippen LogP contribution is 2.34. The van der Waals surface area contributed by atoms with Crippen LogP contribution in [0, 0.1) is 0 Å². The SMILES string of the molecule is COc1cc(OC)nc(Oc2cccc3c2C(=O)OCO3)n1. The molecule has 0 spiro atoms. The Balaban J connectivity index is 1.99. The first-order valence-corrected chi connectivity index (χ1v) is 6.29. The lowest BCUT2D eigenvalue weighted by Crippen LogP contribution is -2.19. The van der Waals surface area contributed by atoms with Crippen molar-refractivity contribution >= 4 is 5.97 Å². The minimum Gasteiger partial charge on any atom is -0.481 e. The number of hydrogen-bond acceptors (Lipinski definition) is 8. The molecule has 1 aliphatic rings. The van der Waals surface area contributed by atoms with Crippen LogP contribution in [-0.4, -0.2) is 36.9 Å². The fourth-order valence-electron chi connectivity index (χ4n) is 1.87. The second-order valence-corrected chi connectivity index (χ2v) is 4.16. The van der Waals surface area contributed by atoms with Gasteiger partial charge in [0.05, 0.1) is 20.3 Å². The van der Waals surface area contributed by atoms with E-state index in [0.717, 1.165) is 0 Å². The van der Waals surface area contributed by atoms with Crippen molar-refractivity contribution in [3.63, 3.8) is 0 Å². The number of esters is 1. The Morgan fingerprint density at radius 3 is 2.50 bits per heavy atom. The topological polar surface area (TPSA) is 89.0 Å². The molecule has 8 heteroatoms. The van der Waals surface area contributed by atoms with E-state index in [4.69, 9.17) is 23.7 Å². The van der Waals surface area contributed by atoms with Crippen LogP contribution in [0.25, 0.3) is 0 Å². The lowest BCUT2D eigenvalue weighted by Gasteiger charge is -2.18. The van der Waals surface area contributed by atoms with E-state index in [2.05, 4.69) is 9.97 Å². The molecule has 0 aliphatic carbocycles. The zero-order valence-electron chi connectivity index (χ0n) is 11.9. The molecule has 1 aromatic heterocycles. The van der Waals surface area contributed by atoms with Crippen LogP contribution in [-0.2, 0) is 4.74 Å². The fraction of sp³-hybridized carbons (Fsp3) is 0.214. The van der Waals surface area contributed by atoms with E-state index in [9.17, 15) is 4.79 Å². The highest BCUT2D eigenvalue weighted by molar-refractivity contribution is 5.96. The van der Waals surface area contributed by atoms with Crippen LogP contribution in [0.3, 0.4) is 0 Å². The van der Waals surface area contributed by atoms with Gasteiger partial charge in [-0.2, -0.15) is 9.97 Å². The number of ether oxygens (including phenoxy) is 5. The molecule has 1 aliphatic heterocycles. The van der Waals surface area contributed by atoms with Gasteiger partial charge in [0, 0.05) is 0 Å². The van der Waals surface area contributed by atoms with Gasteiger partial charge in [-0.15, -0.1) is 0 Å². The van der Waals surface area contributed by atoms with E-state index in [1.165, 1.54) is 20.3 Å². The first-order valence-electron chi connectivity index (χ1n) is 6.29. The molecule has 114 valence electrons. The third-order valence-corrected chi connectivity index (χ3v) is 2.87. The lowest BCUT2D eigenvalue weighted by atomic mass is 10.1. The maximum Gasteiger partial charge on any atom is 0.348 e. The van der Waals surface area contributed by atoms with Crippen LogP contribution in [0.2, 0.25) is 0 Å². The van der Waals surface area contributed by atoms with Crippen molar-refractivity contribution in [2.24, 2.45) is 0 Å². The average molecular weight is 304 g/mol. The van der Waals surface area contributed by atoms with Crippen molar-refractivity contribution < 1.29 is 28.5 Å². The summed E-state index contributed by atoms with van der Waals surface area (Å²) in [6.45, 7) is -0.126. The fourth-order valence-corrected chi connectivity index (χ4v) is 1.87. The van der Waals surface area contributed by atoms with Gasteiger partial charge in [0.15, 0.2) is 0 Å². The second kappa shape index (κ2) is 5.76. The molecule has 2 aromatic rings. The predicted octanol–water partition coefficient (Wildman–Crippen LogP) is 1.79. The Morgan fingerprint density at radius 1 is 1.09 bits per heavy atom. The van der Waals surface area contributed by atoms with Gasteiger partial charge in [-0.25, -0.2) is 4.79 Å². The van der Waals surface area contributed by atoms with Crippen LogP contribution >= 0.6 is 0 Å². The Labute approximate surface area is 125 Å². The van der Waals surface area contributed by atoms with Crippen molar-refractivity contribution in [1.29, 1.82) is 0 Å². The van der Waals surface area contributed by atoms with Crippen molar-refractivity contribution in [2.75, 3.05) is 21.0 Å². The minimum atomic E-state index is -0.535. The highest BCUT2D eigenvalue weighted by Gasteiger charge is 2.25. The molecule has 8 nitrogen and oxygen atoms in total. The molecular formula is C14H12N2O6. The van der Waals surface area contributed by atoms with Crippen molar-refractivity contribution in [1.82, 2.24) is 9.97 Å². The molecule has 0 unspecified atom stereocenters. The summed E-state index contributed by atoms with van der Waals surface area (Å²) < 4.78 is 25.7. The molecule has 0 amide bonds. The van der Waals surface area contributed by atoms with E-state index in [1.807, 2.05) is 0 Å². The zero-order valence-corrected chi connectivity index (χ0v) is 11.9. The predicted molar refractivity (Wildman–Crippen MR) is 72.6 cm³/mol. The number of rotatable bonds is 4. The van der Waals surface area contributed by atoms with Crippen LogP contribution < -0.4 is 18.9 Å². The number of carbonyl (C=O) groups excluding carboxylic acids is 1. The molecule has 0 bridgehead atoms. The van der Waals surface area contributed by atoms with Gasteiger partial charge in [-0.1, -0.05) is 6.07 Å². The Bertz CT molecular complexity index is 696. The number of carbonyl (C=O) groups is 1. The zero-order chi connectivity index (χ0) is 15.5. The summed E-state index contributed by atoms with van der Waals surface area (Å²) in [5.41, 5.74) is 0.180. The molecule has 2 heterocycles. The number of aromatic nitrogens is 2. The monoisotopic (exact) mass is 304 g/mol. The summed E-state index contributed by atoms with van der Waals surface area (Å²) in [6.07, 6.45) is 0. The first kappa shape index (κ1) is 13.9. The Morgan fingerprint density at radius 2 is 1.82 bits per heavy atom. The van der Waals surface area contributed by atoms with Gasteiger partial charge in [0.25, 0.3) is 0 Å². The first-order chi connectivity index (χ1) is 10.7. The summed E-state index contributed by atoms with van der Waals surface area (Å²) >= 11 is 0. The van der Waals surface area contributed by atoms with Gasteiger partial charge in [0.1, 0.15) is 17.1 Å².